The molecule has 1 aromatic heterocycles. The van der Waals surface area contributed by atoms with Gasteiger partial charge in [-0.1, -0.05) is 11.3 Å². The summed E-state index contributed by atoms with van der Waals surface area (Å²) in [5.41, 5.74) is 0. The lowest BCUT2D eigenvalue weighted by atomic mass is 10.3. The molecule has 0 bridgehead atoms. The van der Waals surface area contributed by atoms with E-state index in [9.17, 15) is 4.79 Å². The number of quaternary nitrogens is 2. The molecule has 1 fully saturated rings. The predicted octanol–water partition coefficient (Wildman–Crippen LogP) is -2.41. The molecule has 0 saturated carbocycles. The summed E-state index contributed by atoms with van der Waals surface area (Å²) < 4.78 is 0. The molecule has 0 aliphatic carbocycles. The molecule has 1 saturated heterocycles. The average Bonchev–Trinajstić information content (AvgIpc) is 2.75. The topological polar surface area (TPSA) is 63.8 Å². The highest BCUT2D eigenvalue weighted by Gasteiger charge is 2.23. The van der Waals surface area contributed by atoms with Crippen molar-refractivity contribution in [2.75, 3.05) is 44.6 Å². The van der Waals surface area contributed by atoms with Crippen molar-refractivity contribution in [2.24, 2.45) is 0 Å². The first-order chi connectivity index (χ1) is 8.67. The number of nitrogens with zero attached hydrogens (tertiary/aromatic N) is 2. The van der Waals surface area contributed by atoms with Crippen LogP contribution in [0.4, 0.5) is 5.13 Å². The summed E-state index contributed by atoms with van der Waals surface area (Å²) >= 11 is 1.41. The maximum atomic E-state index is 11.8. The van der Waals surface area contributed by atoms with Crippen LogP contribution in [0.15, 0.2) is 0 Å². The first-order valence-electron chi connectivity index (χ1n) is 6.44. The molecule has 1 aliphatic heterocycles. The molecular formula is C11H21N5OS+2. The number of aromatic nitrogens is 2. The van der Waals surface area contributed by atoms with Gasteiger partial charge >= 0.3 is 0 Å². The van der Waals surface area contributed by atoms with Crippen LogP contribution in [0, 0.1) is 6.92 Å². The van der Waals surface area contributed by atoms with Gasteiger partial charge in [0.2, 0.25) is 5.13 Å². The van der Waals surface area contributed by atoms with Gasteiger partial charge in [-0.2, -0.15) is 0 Å². The van der Waals surface area contributed by atoms with Crippen LogP contribution in [0.1, 0.15) is 11.9 Å². The number of carbonyl (C=O) groups is 1. The zero-order valence-corrected chi connectivity index (χ0v) is 11.8. The standard InChI is InChI=1S/C11H19N5OS/c1-3-15-4-6-16(7-5-15)8-10(17)12-11-14-13-9(2)18-11/h3-8H2,1-2H3,(H,12,14,17)/p+2. The summed E-state index contributed by atoms with van der Waals surface area (Å²) in [5, 5.41) is 12.1. The van der Waals surface area contributed by atoms with E-state index in [-0.39, 0.29) is 5.91 Å². The van der Waals surface area contributed by atoms with Crippen LogP contribution >= 0.6 is 11.3 Å². The highest BCUT2D eigenvalue weighted by atomic mass is 32.1. The van der Waals surface area contributed by atoms with Crippen molar-refractivity contribution < 1.29 is 14.6 Å². The molecule has 6 nitrogen and oxygen atoms in total. The number of carbonyl (C=O) groups excluding carboxylic acids is 1. The molecule has 2 heterocycles. The van der Waals surface area contributed by atoms with Gasteiger partial charge in [0.1, 0.15) is 31.2 Å². The largest absolute Gasteiger partial charge is 0.326 e. The second-order valence-corrected chi connectivity index (χ2v) is 5.89. The third-order valence-corrected chi connectivity index (χ3v) is 4.10. The predicted molar refractivity (Wildman–Crippen MR) is 70.1 cm³/mol. The number of aryl methyl sites for hydroxylation is 1. The van der Waals surface area contributed by atoms with Crippen LogP contribution in [-0.4, -0.2) is 55.4 Å². The summed E-state index contributed by atoms with van der Waals surface area (Å²) in [6.45, 7) is 10.3. The second kappa shape index (κ2) is 6.21. The lowest BCUT2D eigenvalue weighted by molar-refractivity contribution is -1.01. The maximum Gasteiger partial charge on any atom is 0.281 e. The Morgan fingerprint density at radius 3 is 2.50 bits per heavy atom. The monoisotopic (exact) mass is 271 g/mol. The highest BCUT2D eigenvalue weighted by Crippen LogP contribution is 2.12. The Kier molecular flexibility index (Phi) is 4.62. The van der Waals surface area contributed by atoms with Crippen molar-refractivity contribution in [3.05, 3.63) is 5.01 Å². The van der Waals surface area contributed by atoms with E-state index < -0.39 is 0 Å². The van der Waals surface area contributed by atoms with E-state index in [2.05, 4.69) is 22.4 Å². The molecule has 7 heteroatoms. The summed E-state index contributed by atoms with van der Waals surface area (Å²) in [5.74, 6) is 0.0427. The van der Waals surface area contributed by atoms with E-state index in [1.165, 1.54) is 22.8 Å². The van der Waals surface area contributed by atoms with Crippen molar-refractivity contribution in [1.29, 1.82) is 0 Å². The summed E-state index contributed by atoms with van der Waals surface area (Å²) in [4.78, 5) is 14.8. The van der Waals surface area contributed by atoms with Gasteiger partial charge in [-0.15, -0.1) is 10.2 Å². The third-order valence-electron chi connectivity index (χ3n) is 3.35. The minimum atomic E-state index is 0.0427. The molecule has 0 aromatic carbocycles. The molecule has 0 radical (unpaired) electrons. The smallest absolute Gasteiger partial charge is 0.281 e. The zero-order valence-electron chi connectivity index (χ0n) is 11.0. The zero-order chi connectivity index (χ0) is 13.0. The van der Waals surface area contributed by atoms with E-state index in [1.54, 1.807) is 4.90 Å². The Hall–Kier alpha value is -1.05. The van der Waals surface area contributed by atoms with E-state index in [0.29, 0.717) is 11.7 Å². The molecule has 0 spiro atoms. The van der Waals surface area contributed by atoms with E-state index >= 15 is 0 Å². The van der Waals surface area contributed by atoms with E-state index in [1.807, 2.05) is 6.92 Å². The Bertz CT molecular complexity index is 400. The quantitative estimate of drug-likeness (QED) is 0.571. The number of hydrogen-bond donors (Lipinski definition) is 3. The minimum absolute atomic E-state index is 0.0427. The van der Waals surface area contributed by atoms with Crippen LogP contribution in [0.5, 0.6) is 0 Å². The Morgan fingerprint density at radius 1 is 1.28 bits per heavy atom. The number of likely N-dealkylation sites (N-methyl/N-ethyl adjacent to an activating group) is 1. The average molecular weight is 271 g/mol. The number of amides is 1. The summed E-state index contributed by atoms with van der Waals surface area (Å²) in [6, 6.07) is 0. The molecule has 1 aromatic rings. The molecule has 0 atom stereocenters. The van der Waals surface area contributed by atoms with Crippen molar-refractivity contribution in [3.63, 3.8) is 0 Å². The third kappa shape index (κ3) is 3.72. The maximum absolute atomic E-state index is 11.8. The lowest BCUT2D eigenvalue weighted by Gasteiger charge is -2.28. The van der Waals surface area contributed by atoms with E-state index in [4.69, 9.17) is 0 Å². The molecular weight excluding hydrogens is 250 g/mol. The first-order valence-corrected chi connectivity index (χ1v) is 7.26. The molecule has 100 valence electrons. The number of anilines is 1. The van der Waals surface area contributed by atoms with Crippen molar-refractivity contribution in [3.8, 4) is 0 Å². The number of nitrogens with one attached hydrogen (secondary N) is 3. The fraction of sp³-hybridized carbons (Fsp3) is 0.727. The Morgan fingerprint density at radius 2 is 1.94 bits per heavy atom. The summed E-state index contributed by atoms with van der Waals surface area (Å²) in [6.07, 6.45) is 0. The van der Waals surface area contributed by atoms with Crippen LogP contribution in [0.3, 0.4) is 0 Å². The molecule has 3 N–H and O–H groups in total. The second-order valence-electron chi connectivity index (χ2n) is 4.70. The van der Waals surface area contributed by atoms with Crippen LogP contribution in [0.25, 0.3) is 0 Å². The first kappa shape index (κ1) is 13.4. The van der Waals surface area contributed by atoms with Crippen LogP contribution < -0.4 is 15.1 Å². The molecule has 0 unspecified atom stereocenters. The van der Waals surface area contributed by atoms with Gasteiger partial charge in [0, 0.05) is 0 Å². The molecule has 2 rings (SSSR count). The van der Waals surface area contributed by atoms with Gasteiger partial charge in [-0.25, -0.2) is 0 Å². The number of hydrogen-bond acceptors (Lipinski definition) is 4. The fourth-order valence-corrected chi connectivity index (χ4v) is 2.83. The fourth-order valence-electron chi connectivity index (χ4n) is 2.23. The lowest BCUT2D eigenvalue weighted by Crippen LogP contribution is -3.28. The van der Waals surface area contributed by atoms with Gasteiger partial charge in [0.05, 0.1) is 6.54 Å². The van der Waals surface area contributed by atoms with Gasteiger partial charge in [-0.05, 0) is 13.8 Å². The molecule has 18 heavy (non-hydrogen) atoms. The van der Waals surface area contributed by atoms with Gasteiger partial charge in [-0.3, -0.25) is 10.1 Å². The number of piperazine rings is 1. The van der Waals surface area contributed by atoms with Crippen molar-refractivity contribution in [1.82, 2.24) is 10.2 Å². The molecule has 1 amide bonds. The van der Waals surface area contributed by atoms with Crippen molar-refractivity contribution >= 4 is 22.4 Å². The SMILES string of the molecule is CC[NH+]1CC[NH+](CC(=O)Nc2nnc(C)s2)CC1. The Labute approximate surface area is 111 Å². The Balaban J connectivity index is 1.75. The van der Waals surface area contributed by atoms with Gasteiger partial charge in [0.15, 0.2) is 6.54 Å². The van der Waals surface area contributed by atoms with Crippen molar-refractivity contribution in [2.45, 2.75) is 13.8 Å². The minimum Gasteiger partial charge on any atom is -0.326 e. The molecule has 1 aliphatic rings. The van der Waals surface area contributed by atoms with Gasteiger partial charge in [0.25, 0.3) is 5.91 Å². The summed E-state index contributed by atoms with van der Waals surface area (Å²) in [7, 11) is 0. The van der Waals surface area contributed by atoms with Crippen LogP contribution in [0.2, 0.25) is 0 Å². The van der Waals surface area contributed by atoms with Crippen LogP contribution in [-0.2, 0) is 4.79 Å². The normalized spacial score (nSPS) is 23.9. The number of rotatable bonds is 4. The highest BCUT2D eigenvalue weighted by molar-refractivity contribution is 7.15. The van der Waals surface area contributed by atoms with E-state index in [0.717, 1.165) is 31.2 Å². The van der Waals surface area contributed by atoms with Gasteiger partial charge < -0.3 is 9.80 Å².